The van der Waals surface area contributed by atoms with Gasteiger partial charge in [0.1, 0.15) is 12.4 Å². The third-order valence-electron chi connectivity index (χ3n) is 3.46. The van der Waals surface area contributed by atoms with Crippen LogP contribution in [-0.4, -0.2) is 15.5 Å². The van der Waals surface area contributed by atoms with Crippen LogP contribution in [0.2, 0.25) is 0 Å². The van der Waals surface area contributed by atoms with Crippen LogP contribution in [0.4, 0.5) is 5.82 Å². The minimum absolute atomic E-state index is 0.0356. The second kappa shape index (κ2) is 5.81. The first-order chi connectivity index (χ1) is 10.6. The number of aromatic nitrogens is 2. The molecule has 0 bridgehead atoms. The minimum atomic E-state index is -0.279. The van der Waals surface area contributed by atoms with E-state index in [0.29, 0.717) is 11.2 Å². The van der Waals surface area contributed by atoms with Gasteiger partial charge in [-0.15, -0.1) is 0 Å². The van der Waals surface area contributed by atoms with Gasteiger partial charge in [0.2, 0.25) is 5.91 Å². The van der Waals surface area contributed by atoms with Crippen LogP contribution in [0.5, 0.6) is 0 Å². The molecule has 0 radical (unpaired) electrons. The van der Waals surface area contributed by atoms with Crippen molar-refractivity contribution in [3.63, 3.8) is 0 Å². The van der Waals surface area contributed by atoms with Gasteiger partial charge >= 0.3 is 0 Å². The molecule has 5 heteroatoms. The Morgan fingerprint density at radius 3 is 2.73 bits per heavy atom. The maximum absolute atomic E-state index is 12.5. The maximum Gasteiger partial charge on any atom is 0.259 e. The summed E-state index contributed by atoms with van der Waals surface area (Å²) in [7, 11) is 0. The van der Waals surface area contributed by atoms with Crippen molar-refractivity contribution in [2.24, 2.45) is 0 Å². The van der Waals surface area contributed by atoms with Gasteiger partial charge in [0.25, 0.3) is 5.56 Å². The Bertz CT molecular complexity index is 885. The third kappa shape index (κ3) is 2.74. The lowest BCUT2D eigenvalue weighted by Gasteiger charge is -2.11. The Kier molecular flexibility index (Phi) is 3.70. The van der Waals surface area contributed by atoms with Gasteiger partial charge < -0.3 is 9.88 Å². The van der Waals surface area contributed by atoms with Crippen molar-refractivity contribution in [2.45, 2.75) is 13.5 Å². The molecular weight excluding hydrogens is 278 g/mol. The average Bonchev–Trinajstić information content (AvgIpc) is 2.52. The Hall–Kier alpha value is -2.95. The van der Waals surface area contributed by atoms with Gasteiger partial charge in [-0.25, -0.2) is 4.98 Å². The smallest absolute Gasteiger partial charge is 0.259 e. The SMILES string of the molecule is Cc1cc2ccccc2c(=O)n1CC(=O)Nc1ccccn1. The number of fused-ring (bicyclic) bond motifs is 1. The summed E-state index contributed by atoms with van der Waals surface area (Å²) in [4.78, 5) is 28.7. The lowest BCUT2D eigenvalue weighted by Crippen LogP contribution is -2.29. The summed E-state index contributed by atoms with van der Waals surface area (Å²) in [6.45, 7) is 1.79. The van der Waals surface area contributed by atoms with E-state index in [1.165, 1.54) is 4.57 Å². The molecule has 0 atom stereocenters. The zero-order chi connectivity index (χ0) is 15.5. The van der Waals surface area contributed by atoms with Gasteiger partial charge in [-0.2, -0.15) is 0 Å². The molecule has 5 nitrogen and oxygen atoms in total. The quantitative estimate of drug-likeness (QED) is 0.806. The highest BCUT2D eigenvalue weighted by molar-refractivity contribution is 5.90. The fourth-order valence-electron chi connectivity index (χ4n) is 2.39. The topological polar surface area (TPSA) is 64.0 Å². The summed E-state index contributed by atoms with van der Waals surface area (Å²) < 4.78 is 1.47. The highest BCUT2D eigenvalue weighted by Crippen LogP contribution is 2.11. The number of rotatable bonds is 3. The van der Waals surface area contributed by atoms with E-state index in [1.54, 1.807) is 30.5 Å². The second-order valence-electron chi connectivity index (χ2n) is 5.03. The Balaban J connectivity index is 1.91. The van der Waals surface area contributed by atoms with E-state index >= 15 is 0 Å². The first-order valence-electron chi connectivity index (χ1n) is 6.95. The predicted molar refractivity (Wildman–Crippen MR) is 85.8 cm³/mol. The van der Waals surface area contributed by atoms with Gasteiger partial charge in [-0.1, -0.05) is 24.3 Å². The van der Waals surface area contributed by atoms with Gasteiger partial charge in [-0.3, -0.25) is 9.59 Å². The Labute approximate surface area is 127 Å². The van der Waals surface area contributed by atoms with Crippen molar-refractivity contribution in [3.05, 3.63) is 70.8 Å². The van der Waals surface area contributed by atoms with Crippen LogP contribution >= 0.6 is 0 Å². The molecule has 1 N–H and O–H groups in total. The summed E-state index contributed by atoms with van der Waals surface area (Å²) in [6.07, 6.45) is 1.60. The summed E-state index contributed by atoms with van der Waals surface area (Å²) in [5.74, 6) is 0.193. The number of nitrogens with one attached hydrogen (secondary N) is 1. The molecule has 1 amide bonds. The molecule has 110 valence electrons. The van der Waals surface area contributed by atoms with Crippen molar-refractivity contribution < 1.29 is 4.79 Å². The molecule has 0 spiro atoms. The van der Waals surface area contributed by atoms with Crippen molar-refractivity contribution >= 4 is 22.5 Å². The first kappa shape index (κ1) is 14.0. The third-order valence-corrected chi connectivity index (χ3v) is 3.46. The Morgan fingerprint density at radius 1 is 1.18 bits per heavy atom. The predicted octanol–water partition coefficient (Wildman–Crippen LogP) is 2.34. The zero-order valence-electron chi connectivity index (χ0n) is 12.1. The normalized spacial score (nSPS) is 10.6. The monoisotopic (exact) mass is 293 g/mol. The molecule has 0 aliphatic heterocycles. The number of carbonyl (C=O) groups is 1. The van der Waals surface area contributed by atoms with Crippen LogP contribution in [0.25, 0.3) is 10.8 Å². The van der Waals surface area contributed by atoms with Gasteiger partial charge in [0.05, 0.1) is 0 Å². The molecule has 3 aromatic rings. The molecule has 22 heavy (non-hydrogen) atoms. The molecule has 0 aliphatic carbocycles. The van der Waals surface area contributed by atoms with E-state index < -0.39 is 0 Å². The number of hydrogen-bond donors (Lipinski definition) is 1. The number of pyridine rings is 2. The number of anilines is 1. The van der Waals surface area contributed by atoms with Crippen LogP contribution < -0.4 is 10.9 Å². The lowest BCUT2D eigenvalue weighted by atomic mass is 10.1. The van der Waals surface area contributed by atoms with Gasteiger partial charge in [0, 0.05) is 17.3 Å². The van der Waals surface area contributed by atoms with Crippen LogP contribution in [0, 0.1) is 6.92 Å². The molecule has 0 aliphatic rings. The molecular formula is C17H15N3O2. The van der Waals surface area contributed by atoms with E-state index in [-0.39, 0.29) is 18.0 Å². The van der Waals surface area contributed by atoms with Gasteiger partial charge in [0.15, 0.2) is 0 Å². The summed E-state index contributed by atoms with van der Waals surface area (Å²) in [5.41, 5.74) is 0.589. The van der Waals surface area contributed by atoms with E-state index in [2.05, 4.69) is 10.3 Å². The van der Waals surface area contributed by atoms with Crippen molar-refractivity contribution in [3.8, 4) is 0 Å². The van der Waals surface area contributed by atoms with E-state index in [9.17, 15) is 9.59 Å². The summed E-state index contributed by atoms with van der Waals surface area (Å²) >= 11 is 0. The number of amides is 1. The fourth-order valence-corrected chi connectivity index (χ4v) is 2.39. The van der Waals surface area contributed by atoms with E-state index in [0.717, 1.165) is 11.1 Å². The molecule has 0 saturated heterocycles. The fraction of sp³-hybridized carbons (Fsp3) is 0.118. The molecule has 3 rings (SSSR count). The largest absolute Gasteiger partial charge is 0.309 e. The average molecular weight is 293 g/mol. The van der Waals surface area contributed by atoms with Crippen LogP contribution in [0.1, 0.15) is 5.69 Å². The summed E-state index contributed by atoms with van der Waals surface area (Å²) in [6, 6.07) is 14.5. The Morgan fingerprint density at radius 2 is 1.95 bits per heavy atom. The maximum atomic E-state index is 12.5. The van der Waals surface area contributed by atoms with Crippen LogP contribution in [-0.2, 0) is 11.3 Å². The van der Waals surface area contributed by atoms with Crippen molar-refractivity contribution in [2.75, 3.05) is 5.32 Å². The molecule has 0 unspecified atom stereocenters. The molecule has 0 saturated carbocycles. The zero-order valence-corrected chi connectivity index (χ0v) is 12.1. The number of benzene rings is 1. The molecule has 2 heterocycles. The standard InChI is InChI=1S/C17H15N3O2/c1-12-10-13-6-2-3-7-14(13)17(22)20(12)11-16(21)19-15-8-4-5-9-18-15/h2-10H,11H2,1H3,(H,18,19,21). The number of nitrogens with zero attached hydrogens (tertiary/aromatic N) is 2. The molecule has 2 aromatic heterocycles. The highest BCUT2D eigenvalue weighted by atomic mass is 16.2. The minimum Gasteiger partial charge on any atom is -0.309 e. The second-order valence-corrected chi connectivity index (χ2v) is 5.03. The number of aryl methyl sites for hydroxylation is 1. The lowest BCUT2D eigenvalue weighted by molar-refractivity contribution is -0.116. The highest BCUT2D eigenvalue weighted by Gasteiger charge is 2.10. The molecule has 1 aromatic carbocycles. The van der Waals surface area contributed by atoms with E-state index in [1.807, 2.05) is 31.2 Å². The first-order valence-corrected chi connectivity index (χ1v) is 6.95. The molecule has 0 fully saturated rings. The van der Waals surface area contributed by atoms with Crippen LogP contribution in [0.15, 0.2) is 59.5 Å². The van der Waals surface area contributed by atoms with E-state index in [4.69, 9.17) is 0 Å². The number of carbonyl (C=O) groups excluding carboxylic acids is 1. The van der Waals surface area contributed by atoms with Gasteiger partial charge in [-0.05, 0) is 36.6 Å². The van der Waals surface area contributed by atoms with Crippen LogP contribution in [0.3, 0.4) is 0 Å². The summed E-state index contributed by atoms with van der Waals surface area (Å²) in [5, 5.41) is 4.17. The number of hydrogen-bond acceptors (Lipinski definition) is 3. The van der Waals surface area contributed by atoms with Crippen molar-refractivity contribution in [1.29, 1.82) is 0 Å². The van der Waals surface area contributed by atoms with Crippen molar-refractivity contribution in [1.82, 2.24) is 9.55 Å².